The third-order valence-electron chi connectivity index (χ3n) is 6.41. The zero-order valence-electron chi connectivity index (χ0n) is 22.2. The molecule has 2 N–H and O–H groups in total. The van der Waals surface area contributed by atoms with Crippen LogP contribution in [0, 0.1) is 10.1 Å². The van der Waals surface area contributed by atoms with Crippen LogP contribution < -0.4 is 14.8 Å². The summed E-state index contributed by atoms with van der Waals surface area (Å²) in [5.41, 5.74) is 1.92. The molecule has 1 amide bonds. The van der Waals surface area contributed by atoms with Crippen molar-refractivity contribution in [3.05, 3.63) is 130 Å². The van der Waals surface area contributed by atoms with Crippen molar-refractivity contribution in [2.24, 2.45) is 0 Å². The van der Waals surface area contributed by atoms with Gasteiger partial charge in [0.05, 0.1) is 29.2 Å². The zero-order chi connectivity index (χ0) is 29.5. The molecule has 0 unspecified atom stereocenters. The lowest BCUT2D eigenvalue weighted by Gasteiger charge is -2.10. The molecule has 0 aliphatic rings. The van der Waals surface area contributed by atoms with Crippen molar-refractivity contribution < 1.29 is 29.1 Å². The molecule has 10 heteroatoms. The predicted molar refractivity (Wildman–Crippen MR) is 156 cm³/mol. The highest BCUT2D eigenvalue weighted by Crippen LogP contribution is 2.28. The molecule has 0 aliphatic heterocycles. The molecule has 0 saturated heterocycles. The minimum Gasteiger partial charge on any atom is -0.493 e. The smallest absolute Gasteiger partial charge is 0.337 e. The number of fused-ring (bicyclic) bond motifs is 1. The molecule has 0 atom stereocenters. The van der Waals surface area contributed by atoms with Crippen molar-refractivity contribution in [2.45, 2.75) is 12.8 Å². The van der Waals surface area contributed by atoms with E-state index in [1.807, 2.05) is 36.4 Å². The number of aromatic nitrogens is 1. The van der Waals surface area contributed by atoms with Gasteiger partial charge >= 0.3 is 5.97 Å². The lowest BCUT2D eigenvalue weighted by molar-refractivity contribution is -0.384. The van der Waals surface area contributed by atoms with Gasteiger partial charge in [0, 0.05) is 30.8 Å². The molecular weight excluding hydrogens is 538 g/mol. The van der Waals surface area contributed by atoms with E-state index >= 15 is 0 Å². The number of amides is 1. The molecule has 0 radical (unpaired) electrons. The Kier molecular flexibility index (Phi) is 8.34. The number of anilines is 1. The molecule has 1 heterocycles. The number of carboxylic acid groups (broad SMARTS) is 1. The molecule has 0 bridgehead atoms. The lowest BCUT2D eigenvalue weighted by Crippen LogP contribution is -2.16. The SMILES string of the molecule is O=C(Cc1ccc(Oc2ccc3cc(OCCc4ccc([N+](=O)[O-])cc4)ccc3c2)nc1)Nc1ccccc1C(=O)O. The summed E-state index contributed by atoms with van der Waals surface area (Å²) in [5.74, 6) is 0.195. The van der Waals surface area contributed by atoms with Gasteiger partial charge < -0.3 is 19.9 Å². The Morgan fingerprint density at radius 3 is 2.24 bits per heavy atom. The van der Waals surface area contributed by atoms with Crippen molar-refractivity contribution in [1.29, 1.82) is 0 Å². The van der Waals surface area contributed by atoms with Crippen LogP contribution in [0.15, 0.2) is 103 Å². The number of carboxylic acids is 1. The first-order valence-corrected chi connectivity index (χ1v) is 13.0. The molecule has 42 heavy (non-hydrogen) atoms. The van der Waals surface area contributed by atoms with Gasteiger partial charge in [-0.05, 0) is 58.3 Å². The van der Waals surface area contributed by atoms with E-state index in [9.17, 15) is 24.8 Å². The fourth-order valence-electron chi connectivity index (χ4n) is 4.28. The zero-order valence-corrected chi connectivity index (χ0v) is 22.2. The molecule has 5 aromatic rings. The van der Waals surface area contributed by atoms with Gasteiger partial charge in [-0.25, -0.2) is 9.78 Å². The van der Waals surface area contributed by atoms with Gasteiger partial charge in [0.25, 0.3) is 5.69 Å². The number of nitro groups is 1. The number of para-hydroxylation sites is 1. The molecule has 1 aromatic heterocycles. The third kappa shape index (κ3) is 7.05. The fourth-order valence-corrected chi connectivity index (χ4v) is 4.28. The second kappa shape index (κ2) is 12.6. The van der Waals surface area contributed by atoms with Crippen molar-refractivity contribution in [2.75, 3.05) is 11.9 Å². The number of benzene rings is 4. The van der Waals surface area contributed by atoms with E-state index in [4.69, 9.17) is 9.47 Å². The van der Waals surface area contributed by atoms with Crippen molar-refractivity contribution >= 4 is 34.0 Å². The number of hydrogen-bond acceptors (Lipinski definition) is 7. The van der Waals surface area contributed by atoms with E-state index in [0.29, 0.717) is 36.0 Å². The van der Waals surface area contributed by atoms with Gasteiger partial charge in [-0.1, -0.05) is 42.5 Å². The molecule has 210 valence electrons. The van der Waals surface area contributed by atoms with Crippen molar-refractivity contribution in [3.8, 4) is 17.4 Å². The van der Waals surface area contributed by atoms with E-state index in [1.54, 1.807) is 48.7 Å². The van der Waals surface area contributed by atoms with E-state index in [2.05, 4.69) is 10.3 Å². The summed E-state index contributed by atoms with van der Waals surface area (Å²) >= 11 is 0. The van der Waals surface area contributed by atoms with Gasteiger partial charge in [-0.15, -0.1) is 0 Å². The highest BCUT2D eigenvalue weighted by molar-refractivity contribution is 6.01. The summed E-state index contributed by atoms with van der Waals surface area (Å²) in [6.07, 6.45) is 2.19. The van der Waals surface area contributed by atoms with Gasteiger partial charge in [0.15, 0.2) is 0 Å². The predicted octanol–water partition coefficient (Wildman–Crippen LogP) is 6.44. The highest BCUT2D eigenvalue weighted by atomic mass is 16.6. The second-order valence-corrected chi connectivity index (χ2v) is 9.38. The Hall–Kier alpha value is -5.77. The third-order valence-corrected chi connectivity index (χ3v) is 6.41. The minimum absolute atomic E-state index is 0.0199. The van der Waals surface area contributed by atoms with E-state index in [0.717, 1.165) is 16.3 Å². The Morgan fingerprint density at radius 1 is 0.857 bits per heavy atom. The molecule has 0 saturated carbocycles. The molecule has 0 fully saturated rings. The number of aromatic carboxylic acids is 1. The lowest BCUT2D eigenvalue weighted by atomic mass is 10.1. The van der Waals surface area contributed by atoms with Gasteiger partial charge in [-0.2, -0.15) is 0 Å². The summed E-state index contributed by atoms with van der Waals surface area (Å²) in [6.45, 7) is 0.434. The number of nitrogens with one attached hydrogen (secondary N) is 1. The Bertz CT molecular complexity index is 1750. The molecule has 5 rings (SSSR count). The average molecular weight is 564 g/mol. The van der Waals surface area contributed by atoms with E-state index < -0.39 is 10.9 Å². The monoisotopic (exact) mass is 563 g/mol. The number of nitro benzene ring substituents is 1. The van der Waals surface area contributed by atoms with Gasteiger partial charge in [0.2, 0.25) is 11.8 Å². The van der Waals surface area contributed by atoms with Crippen LogP contribution in [0.4, 0.5) is 11.4 Å². The first-order chi connectivity index (χ1) is 20.3. The summed E-state index contributed by atoms with van der Waals surface area (Å²) in [4.78, 5) is 38.5. The van der Waals surface area contributed by atoms with Crippen LogP contribution in [0.5, 0.6) is 17.4 Å². The summed E-state index contributed by atoms with van der Waals surface area (Å²) in [6, 6.07) is 27.4. The quantitative estimate of drug-likeness (QED) is 0.138. The average Bonchev–Trinajstić information content (AvgIpc) is 2.98. The molecular formula is C32H25N3O7. The maximum atomic E-state index is 12.4. The topological polar surface area (TPSA) is 141 Å². The number of carbonyl (C=O) groups excluding carboxylic acids is 1. The van der Waals surface area contributed by atoms with Gasteiger partial charge in [-0.3, -0.25) is 14.9 Å². The molecule has 4 aromatic carbocycles. The van der Waals surface area contributed by atoms with Crippen LogP contribution in [-0.2, 0) is 17.6 Å². The van der Waals surface area contributed by atoms with E-state index in [-0.39, 0.29) is 29.3 Å². The van der Waals surface area contributed by atoms with Crippen LogP contribution in [0.25, 0.3) is 10.8 Å². The van der Waals surface area contributed by atoms with Crippen molar-refractivity contribution in [1.82, 2.24) is 4.98 Å². The van der Waals surface area contributed by atoms with Crippen LogP contribution in [0.1, 0.15) is 21.5 Å². The maximum absolute atomic E-state index is 12.4. The number of carbonyl (C=O) groups is 2. The second-order valence-electron chi connectivity index (χ2n) is 9.38. The van der Waals surface area contributed by atoms with Crippen molar-refractivity contribution in [3.63, 3.8) is 0 Å². The first-order valence-electron chi connectivity index (χ1n) is 13.0. The number of rotatable bonds is 11. The largest absolute Gasteiger partial charge is 0.493 e. The maximum Gasteiger partial charge on any atom is 0.337 e. The van der Waals surface area contributed by atoms with Crippen LogP contribution in [0.2, 0.25) is 0 Å². The highest BCUT2D eigenvalue weighted by Gasteiger charge is 2.12. The number of nitrogens with zero attached hydrogens (tertiary/aromatic N) is 2. The molecule has 10 nitrogen and oxygen atoms in total. The van der Waals surface area contributed by atoms with E-state index in [1.165, 1.54) is 18.2 Å². The van der Waals surface area contributed by atoms with Crippen LogP contribution in [-0.4, -0.2) is 33.5 Å². The number of hydrogen-bond donors (Lipinski definition) is 2. The Labute approximate surface area is 240 Å². The Balaban J connectivity index is 1.15. The normalized spacial score (nSPS) is 10.7. The molecule has 0 aliphatic carbocycles. The van der Waals surface area contributed by atoms with Gasteiger partial charge in [0.1, 0.15) is 11.5 Å². The summed E-state index contributed by atoms with van der Waals surface area (Å²) in [5, 5.41) is 24.6. The first kappa shape index (κ1) is 27.8. The van der Waals surface area contributed by atoms with Crippen LogP contribution >= 0.6 is 0 Å². The summed E-state index contributed by atoms with van der Waals surface area (Å²) in [7, 11) is 0. The fraction of sp³-hybridized carbons (Fsp3) is 0.0938. The standard InChI is InChI=1S/C32H25N3O7/c36-30(34-29-4-2-1-3-28(29)32(37)38)17-22-7-14-31(33-20-22)42-27-13-9-23-18-26(12-8-24(23)19-27)41-16-15-21-5-10-25(11-6-21)35(39)40/h1-14,18-20H,15-17H2,(H,34,36)(H,37,38). The number of ether oxygens (including phenoxy) is 2. The number of pyridine rings is 1. The molecule has 0 spiro atoms. The van der Waals surface area contributed by atoms with Crippen LogP contribution in [0.3, 0.4) is 0 Å². The minimum atomic E-state index is -1.12. The Morgan fingerprint density at radius 2 is 1.55 bits per heavy atom. The number of non-ortho nitro benzene ring substituents is 1. The summed E-state index contributed by atoms with van der Waals surface area (Å²) < 4.78 is 11.8.